The molecule has 3 atom stereocenters. The van der Waals surface area contributed by atoms with Gasteiger partial charge in [0.1, 0.15) is 17.5 Å². The minimum atomic E-state index is -0.985. The van der Waals surface area contributed by atoms with Gasteiger partial charge in [0.2, 0.25) is 11.5 Å². The van der Waals surface area contributed by atoms with E-state index in [0.717, 1.165) is 29.9 Å². The van der Waals surface area contributed by atoms with Crippen LogP contribution in [0.1, 0.15) is 29.0 Å². The Morgan fingerprint density at radius 3 is 2.83 bits per heavy atom. The van der Waals surface area contributed by atoms with E-state index < -0.39 is 17.9 Å². The van der Waals surface area contributed by atoms with Crippen molar-refractivity contribution in [2.24, 2.45) is 5.16 Å². The fourth-order valence-electron chi connectivity index (χ4n) is 3.92. The minimum absolute atomic E-state index is 0.0463. The molecule has 5 rings (SSSR count). The van der Waals surface area contributed by atoms with Crippen LogP contribution < -0.4 is 15.6 Å². The lowest BCUT2D eigenvalue weighted by atomic mass is 10.1. The van der Waals surface area contributed by atoms with Crippen molar-refractivity contribution in [1.29, 1.82) is 0 Å². The minimum Gasteiger partial charge on any atom is -0.478 e. The summed E-state index contributed by atoms with van der Waals surface area (Å²) in [5.41, 5.74) is 6.75. The van der Waals surface area contributed by atoms with Crippen LogP contribution in [0.2, 0.25) is 0 Å². The number of aromatic carboxylic acids is 1. The van der Waals surface area contributed by atoms with Gasteiger partial charge in [0.05, 0.1) is 5.56 Å². The Kier molecular flexibility index (Phi) is 6.69. The molecule has 2 aromatic rings. The Morgan fingerprint density at radius 2 is 2.17 bits per heavy atom. The Morgan fingerprint density at radius 1 is 1.36 bits per heavy atom. The van der Waals surface area contributed by atoms with Crippen molar-refractivity contribution >= 4 is 51.9 Å². The smallest absolute Gasteiger partial charge is 0.336 e. The number of aromatic nitrogens is 3. The number of thioether (sulfide) groups is 1. The lowest BCUT2D eigenvalue weighted by molar-refractivity contribution is -0.689. The van der Waals surface area contributed by atoms with Crippen LogP contribution in [-0.4, -0.2) is 66.1 Å². The van der Waals surface area contributed by atoms with Gasteiger partial charge in [0.25, 0.3) is 11.8 Å². The maximum Gasteiger partial charge on any atom is 0.336 e. The number of carbonyl (C=O) groups excluding carboxylic acids is 2. The molecule has 4 heterocycles. The number of nitrogens with two attached hydrogens (primary N) is 1. The van der Waals surface area contributed by atoms with E-state index in [1.54, 1.807) is 23.5 Å². The first-order valence-electron chi connectivity index (χ1n) is 11.1. The number of fused-ring (bicyclic) bond motifs is 1. The SMILES string of the molecule is Nc1nc(C(=NOC2C=CCC2)C(=O)NC2C(=O)N3C=C(C[n+]4ccc(C(=O)O)cc4)CS[C@@H]23)ns1. The Bertz CT molecular complexity index is 1290. The van der Waals surface area contributed by atoms with Crippen LogP contribution in [0.3, 0.4) is 0 Å². The zero-order chi connectivity index (χ0) is 25.2. The molecule has 2 aromatic heterocycles. The Hall–Kier alpha value is -3.78. The van der Waals surface area contributed by atoms with E-state index in [0.29, 0.717) is 12.3 Å². The zero-order valence-corrected chi connectivity index (χ0v) is 20.4. The molecule has 2 aliphatic heterocycles. The number of nitrogen functional groups attached to an aromatic ring is 1. The summed E-state index contributed by atoms with van der Waals surface area (Å²) in [6.45, 7) is 0.515. The number of hydrogen-bond donors (Lipinski definition) is 3. The van der Waals surface area contributed by atoms with Crippen LogP contribution in [0.15, 0.2) is 53.6 Å². The van der Waals surface area contributed by atoms with Crippen molar-refractivity contribution in [1.82, 2.24) is 19.6 Å². The molecular formula is C22H22N7O5S2+. The van der Waals surface area contributed by atoms with Gasteiger partial charge in [-0.05, 0) is 18.9 Å². The lowest BCUT2D eigenvalue weighted by Gasteiger charge is -2.47. The highest BCUT2D eigenvalue weighted by Gasteiger charge is 2.50. The second kappa shape index (κ2) is 10.1. The van der Waals surface area contributed by atoms with Crippen molar-refractivity contribution in [3.63, 3.8) is 0 Å². The van der Waals surface area contributed by atoms with Crippen LogP contribution in [0.5, 0.6) is 0 Å². The van der Waals surface area contributed by atoms with Gasteiger partial charge in [-0.15, -0.1) is 11.8 Å². The second-order valence-corrected chi connectivity index (χ2v) is 10.2. The molecule has 0 bridgehead atoms. The van der Waals surface area contributed by atoms with Gasteiger partial charge >= 0.3 is 5.97 Å². The number of carboxylic acid groups (broad SMARTS) is 1. The maximum absolute atomic E-state index is 13.1. The van der Waals surface area contributed by atoms with Crippen LogP contribution >= 0.6 is 23.3 Å². The summed E-state index contributed by atoms with van der Waals surface area (Å²) < 4.78 is 5.91. The number of β-lactam (4-membered cyclic amide) rings is 1. The van der Waals surface area contributed by atoms with Gasteiger partial charge < -0.3 is 25.9 Å². The highest BCUT2D eigenvalue weighted by molar-refractivity contribution is 8.00. The van der Waals surface area contributed by atoms with Crippen molar-refractivity contribution in [2.75, 3.05) is 11.5 Å². The monoisotopic (exact) mass is 528 g/mol. The summed E-state index contributed by atoms with van der Waals surface area (Å²) in [6.07, 6.45) is 10.4. The summed E-state index contributed by atoms with van der Waals surface area (Å²) in [5, 5.41) is 15.7. The standard InChI is InChI=1S/C22H21N7O5S2/c23-22-25-17(27-36-22)15(26-34-14-3-1-2-4-14)18(30)24-16-19(31)29-10-12(11-35-20(16)29)9-28-7-5-13(6-8-28)21(32)33/h1,3,5-8,10,14,16,20H,2,4,9,11H2,(H3-,23,24,25,27,30,32,33)/p+1/t14?,16?,20-/m0/s1. The van der Waals surface area contributed by atoms with E-state index in [1.165, 1.54) is 23.9 Å². The van der Waals surface area contributed by atoms with E-state index in [2.05, 4.69) is 19.8 Å². The maximum atomic E-state index is 13.1. The van der Waals surface area contributed by atoms with Gasteiger partial charge in [-0.2, -0.15) is 9.36 Å². The number of pyridine rings is 1. The number of anilines is 1. The van der Waals surface area contributed by atoms with Crippen LogP contribution in [0.4, 0.5) is 5.13 Å². The summed E-state index contributed by atoms with van der Waals surface area (Å²) >= 11 is 2.47. The molecule has 12 nitrogen and oxygen atoms in total. The van der Waals surface area contributed by atoms with E-state index in [-0.39, 0.29) is 39.6 Å². The first-order chi connectivity index (χ1) is 17.4. The molecule has 0 aromatic carbocycles. The van der Waals surface area contributed by atoms with Gasteiger partial charge in [0, 0.05) is 41.2 Å². The molecule has 2 amide bonds. The molecule has 3 aliphatic rings. The van der Waals surface area contributed by atoms with Crippen LogP contribution in [0.25, 0.3) is 0 Å². The highest BCUT2D eigenvalue weighted by Crippen LogP contribution is 2.36. The number of oxime groups is 1. The average Bonchev–Trinajstić information content (AvgIpc) is 3.55. The fraction of sp³-hybridized carbons (Fsp3) is 0.318. The molecule has 1 aliphatic carbocycles. The van der Waals surface area contributed by atoms with Gasteiger partial charge in [-0.3, -0.25) is 9.59 Å². The third-order valence-corrected chi connectivity index (χ3v) is 7.69. The van der Waals surface area contributed by atoms with E-state index in [4.69, 9.17) is 15.7 Å². The van der Waals surface area contributed by atoms with Crippen molar-refractivity contribution < 1.29 is 28.9 Å². The Labute approximate surface area is 213 Å². The normalized spacial score (nSPS) is 23.1. The number of hydrogen-bond acceptors (Lipinski definition) is 10. The molecule has 0 radical (unpaired) electrons. The molecular weight excluding hydrogens is 506 g/mol. The number of rotatable bonds is 8. The lowest BCUT2D eigenvalue weighted by Crippen LogP contribution is -2.69. The predicted molar refractivity (Wildman–Crippen MR) is 131 cm³/mol. The van der Waals surface area contributed by atoms with Crippen molar-refractivity contribution in [2.45, 2.75) is 36.9 Å². The molecule has 1 fully saturated rings. The topological polar surface area (TPSA) is 164 Å². The second-order valence-electron chi connectivity index (χ2n) is 8.30. The molecule has 0 saturated carbocycles. The van der Waals surface area contributed by atoms with Gasteiger partial charge in [-0.1, -0.05) is 11.2 Å². The number of allylic oxidation sites excluding steroid dienone is 1. The first-order valence-corrected chi connectivity index (χ1v) is 12.9. The molecule has 4 N–H and O–H groups in total. The van der Waals surface area contributed by atoms with E-state index in [1.807, 2.05) is 16.7 Å². The molecule has 1 saturated heterocycles. The van der Waals surface area contributed by atoms with Gasteiger partial charge in [-0.25, -0.2) is 9.36 Å². The zero-order valence-electron chi connectivity index (χ0n) is 18.8. The first kappa shape index (κ1) is 23.9. The third kappa shape index (κ3) is 4.95. The fourth-order valence-corrected chi connectivity index (χ4v) is 5.61. The molecule has 2 unspecified atom stereocenters. The van der Waals surface area contributed by atoms with Gasteiger partial charge in [0.15, 0.2) is 24.1 Å². The van der Waals surface area contributed by atoms with Crippen LogP contribution in [-0.2, 0) is 21.0 Å². The van der Waals surface area contributed by atoms with Crippen molar-refractivity contribution in [3.05, 3.63) is 59.8 Å². The summed E-state index contributed by atoms with van der Waals surface area (Å²) in [7, 11) is 0. The number of amides is 2. The number of nitrogens with one attached hydrogen (secondary N) is 1. The van der Waals surface area contributed by atoms with Crippen LogP contribution in [0, 0.1) is 0 Å². The summed E-state index contributed by atoms with van der Waals surface area (Å²) in [5.74, 6) is -1.14. The molecule has 36 heavy (non-hydrogen) atoms. The molecule has 14 heteroatoms. The molecule has 186 valence electrons. The quantitative estimate of drug-likeness (QED) is 0.146. The summed E-state index contributed by atoms with van der Waals surface area (Å²) in [6, 6.07) is 2.33. The van der Waals surface area contributed by atoms with Crippen molar-refractivity contribution in [3.8, 4) is 0 Å². The largest absolute Gasteiger partial charge is 0.478 e. The number of nitrogens with zero attached hydrogens (tertiary/aromatic N) is 5. The third-order valence-electron chi connectivity index (χ3n) is 5.77. The highest BCUT2D eigenvalue weighted by atomic mass is 32.2. The number of carbonyl (C=O) groups is 3. The Balaban J connectivity index is 1.24. The predicted octanol–water partition coefficient (Wildman–Crippen LogP) is 0.529. The van der Waals surface area contributed by atoms with E-state index >= 15 is 0 Å². The number of carboxylic acids is 1. The summed E-state index contributed by atoms with van der Waals surface area (Å²) in [4.78, 5) is 48.0. The average molecular weight is 529 g/mol. The van der Waals surface area contributed by atoms with E-state index in [9.17, 15) is 14.4 Å². The molecule has 0 spiro atoms.